The van der Waals surface area contributed by atoms with Crippen LogP contribution in [0.5, 0.6) is 0 Å². The molecule has 0 aliphatic heterocycles. The Balaban J connectivity index is 2.82. The predicted octanol–water partition coefficient (Wildman–Crippen LogP) is 0.224. The van der Waals surface area contributed by atoms with Gasteiger partial charge < -0.3 is 10.7 Å². The van der Waals surface area contributed by atoms with Crippen molar-refractivity contribution in [3.8, 4) is 0 Å². The minimum Gasteiger partial charge on any atom is -0.330 e. The van der Waals surface area contributed by atoms with Crippen molar-refractivity contribution < 1.29 is 0 Å². The Morgan fingerprint density at radius 1 is 1.62 bits per heavy atom. The van der Waals surface area contributed by atoms with Gasteiger partial charge in [0.25, 0.3) is 0 Å². The third-order valence-electron chi connectivity index (χ3n) is 1.87. The lowest BCUT2D eigenvalue weighted by Gasteiger charge is -2.01. The van der Waals surface area contributed by atoms with Crippen LogP contribution in [-0.4, -0.2) is 16.5 Å². The Morgan fingerprint density at radius 3 is 3.00 bits per heavy atom. The molecule has 0 aromatic carbocycles. The SMILES string of the molecule is CCc1cc(CCCN)[nH]c(=O)n1. The highest BCUT2D eigenvalue weighted by Gasteiger charge is 1.98. The first-order valence-electron chi connectivity index (χ1n) is 4.55. The van der Waals surface area contributed by atoms with Gasteiger partial charge in [0.1, 0.15) is 0 Å². The fourth-order valence-electron chi connectivity index (χ4n) is 1.17. The van der Waals surface area contributed by atoms with Crippen molar-refractivity contribution in [2.45, 2.75) is 26.2 Å². The summed E-state index contributed by atoms with van der Waals surface area (Å²) < 4.78 is 0. The third-order valence-corrected chi connectivity index (χ3v) is 1.87. The van der Waals surface area contributed by atoms with Crippen LogP contribution in [-0.2, 0) is 12.8 Å². The van der Waals surface area contributed by atoms with Crippen LogP contribution in [0.15, 0.2) is 10.9 Å². The Morgan fingerprint density at radius 2 is 2.38 bits per heavy atom. The van der Waals surface area contributed by atoms with Crippen LogP contribution in [0.25, 0.3) is 0 Å². The molecule has 0 radical (unpaired) electrons. The molecule has 0 fully saturated rings. The molecule has 0 bridgehead atoms. The molecule has 0 unspecified atom stereocenters. The molecule has 13 heavy (non-hydrogen) atoms. The third kappa shape index (κ3) is 2.99. The first-order valence-corrected chi connectivity index (χ1v) is 4.55. The highest BCUT2D eigenvalue weighted by Crippen LogP contribution is 1.99. The van der Waals surface area contributed by atoms with Crippen molar-refractivity contribution >= 4 is 0 Å². The normalized spacial score (nSPS) is 10.3. The van der Waals surface area contributed by atoms with Crippen LogP contribution in [0, 0.1) is 0 Å². The van der Waals surface area contributed by atoms with E-state index < -0.39 is 0 Å². The van der Waals surface area contributed by atoms with E-state index in [9.17, 15) is 4.79 Å². The van der Waals surface area contributed by atoms with E-state index in [0.29, 0.717) is 6.54 Å². The monoisotopic (exact) mass is 181 g/mol. The number of hydrogen-bond donors (Lipinski definition) is 2. The number of nitrogens with zero attached hydrogens (tertiary/aromatic N) is 1. The van der Waals surface area contributed by atoms with Crippen molar-refractivity contribution in [3.05, 3.63) is 27.9 Å². The molecule has 0 amide bonds. The summed E-state index contributed by atoms with van der Waals surface area (Å²) in [5.74, 6) is 0. The lowest BCUT2D eigenvalue weighted by Crippen LogP contribution is -2.15. The molecule has 3 N–H and O–H groups in total. The molecule has 4 nitrogen and oxygen atoms in total. The lowest BCUT2D eigenvalue weighted by molar-refractivity contribution is 0.789. The van der Waals surface area contributed by atoms with Crippen molar-refractivity contribution in [2.75, 3.05) is 6.54 Å². The van der Waals surface area contributed by atoms with Gasteiger partial charge in [-0.1, -0.05) is 6.92 Å². The van der Waals surface area contributed by atoms with E-state index in [4.69, 9.17) is 5.73 Å². The Labute approximate surface area is 77.2 Å². The summed E-state index contributed by atoms with van der Waals surface area (Å²) in [5.41, 5.74) is 6.90. The van der Waals surface area contributed by atoms with Gasteiger partial charge in [-0.2, -0.15) is 4.98 Å². The lowest BCUT2D eigenvalue weighted by atomic mass is 10.2. The molecule has 1 heterocycles. The summed E-state index contributed by atoms with van der Waals surface area (Å²) in [6, 6.07) is 1.93. The second-order valence-electron chi connectivity index (χ2n) is 2.95. The van der Waals surface area contributed by atoms with Crippen LogP contribution in [0.2, 0.25) is 0 Å². The molecule has 0 saturated heterocycles. The zero-order chi connectivity index (χ0) is 9.68. The van der Waals surface area contributed by atoms with Crippen LogP contribution < -0.4 is 11.4 Å². The summed E-state index contributed by atoms with van der Waals surface area (Å²) in [7, 11) is 0. The highest BCUT2D eigenvalue weighted by atomic mass is 16.1. The average molecular weight is 181 g/mol. The van der Waals surface area contributed by atoms with E-state index in [1.807, 2.05) is 13.0 Å². The smallest absolute Gasteiger partial charge is 0.330 e. The number of aromatic amines is 1. The molecule has 1 aromatic rings. The zero-order valence-corrected chi connectivity index (χ0v) is 7.84. The Bertz CT molecular complexity index is 319. The molecule has 4 heteroatoms. The second-order valence-corrected chi connectivity index (χ2v) is 2.95. The van der Waals surface area contributed by atoms with Gasteiger partial charge in [-0.15, -0.1) is 0 Å². The topological polar surface area (TPSA) is 71.8 Å². The van der Waals surface area contributed by atoms with Gasteiger partial charge in [0.2, 0.25) is 0 Å². The van der Waals surface area contributed by atoms with Crippen molar-refractivity contribution in [1.29, 1.82) is 0 Å². The number of hydrogen-bond acceptors (Lipinski definition) is 3. The summed E-state index contributed by atoms with van der Waals surface area (Å²) >= 11 is 0. The van der Waals surface area contributed by atoms with E-state index in [1.54, 1.807) is 0 Å². The van der Waals surface area contributed by atoms with E-state index >= 15 is 0 Å². The van der Waals surface area contributed by atoms with Gasteiger partial charge in [-0.05, 0) is 31.9 Å². The number of rotatable bonds is 4. The minimum absolute atomic E-state index is 0.258. The number of nitrogens with two attached hydrogens (primary N) is 1. The van der Waals surface area contributed by atoms with Gasteiger partial charge >= 0.3 is 5.69 Å². The Kier molecular flexibility index (Phi) is 3.64. The zero-order valence-electron chi connectivity index (χ0n) is 7.84. The first-order chi connectivity index (χ1) is 6.26. The molecule has 0 saturated carbocycles. The molecule has 1 aromatic heterocycles. The standard InChI is InChI=1S/C9H15N3O/c1-2-7-6-8(4-3-5-10)12-9(13)11-7/h6H,2-5,10H2,1H3,(H,11,12,13). The largest absolute Gasteiger partial charge is 0.345 e. The fourth-order valence-corrected chi connectivity index (χ4v) is 1.17. The molecule has 0 atom stereocenters. The number of nitrogens with one attached hydrogen (secondary N) is 1. The van der Waals surface area contributed by atoms with Gasteiger partial charge in [0, 0.05) is 11.4 Å². The molecule has 72 valence electrons. The van der Waals surface area contributed by atoms with E-state index in [0.717, 1.165) is 30.7 Å². The van der Waals surface area contributed by atoms with E-state index in [-0.39, 0.29) is 5.69 Å². The number of H-pyrrole nitrogens is 1. The molecule has 0 aliphatic rings. The Hall–Kier alpha value is -1.16. The quantitative estimate of drug-likeness (QED) is 0.698. The van der Waals surface area contributed by atoms with Gasteiger partial charge in [0.15, 0.2) is 0 Å². The molecule has 0 aliphatic carbocycles. The number of aromatic nitrogens is 2. The summed E-state index contributed by atoms with van der Waals surface area (Å²) in [6.45, 7) is 2.63. The number of aryl methyl sites for hydroxylation is 2. The molecular formula is C9H15N3O. The predicted molar refractivity (Wildman–Crippen MR) is 51.6 cm³/mol. The van der Waals surface area contributed by atoms with Crippen LogP contribution in [0.4, 0.5) is 0 Å². The van der Waals surface area contributed by atoms with E-state index in [1.165, 1.54) is 0 Å². The molecular weight excluding hydrogens is 166 g/mol. The maximum absolute atomic E-state index is 11.0. The summed E-state index contributed by atoms with van der Waals surface area (Å²) in [6.07, 6.45) is 2.50. The molecule has 1 rings (SSSR count). The second kappa shape index (κ2) is 4.77. The van der Waals surface area contributed by atoms with Crippen LogP contribution >= 0.6 is 0 Å². The maximum Gasteiger partial charge on any atom is 0.345 e. The van der Waals surface area contributed by atoms with Crippen LogP contribution in [0.1, 0.15) is 24.7 Å². The molecule has 0 spiro atoms. The van der Waals surface area contributed by atoms with Gasteiger partial charge in [0.05, 0.1) is 0 Å². The van der Waals surface area contributed by atoms with Gasteiger partial charge in [-0.25, -0.2) is 4.79 Å². The fraction of sp³-hybridized carbons (Fsp3) is 0.556. The van der Waals surface area contributed by atoms with Crippen molar-refractivity contribution in [2.24, 2.45) is 5.73 Å². The summed E-state index contributed by atoms with van der Waals surface area (Å²) in [4.78, 5) is 17.5. The average Bonchev–Trinajstić information content (AvgIpc) is 2.14. The van der Waals surface area contributed by atoms with Crippen molar-refractivity contribution in [1.82, 2.24) is 9.97 Å². The van der Waals surface area contributed by atoms with Crippen molar-refractivity contribution in [3.63, 3.8) is 0 Å². The minimum atomic E-state index is -0.258. The van der Waals surface area contributed by atoms with Crippen LogP contribution in [0.3, 0.4) is 0 Å². The highest BCUT2D eigenvalue weighted by molar-refractivity contribution is 5.08. The first kappa shape index (κ1) is 9.92. The van der Waals surface area contributed by atoms with Gasteiger partial charge in [-0.3, -0.25) is 0 Å². The maximum atomic E-state index is 11.0. The summed E-state index contributed by atoms with van der Waals surface area (Å²) in [5, 5.41) is 0. The van der Waals surface area contributed by atoms with E-state index in [2.05, 4.69) is 9.97 Å².